The molecule has 11 heteroatoms. The van der Waals surface area contributed by atoms with Crippen molar-refractivity contribution < 1.29 is 22.5 Å². The van der Waals surface area contributed by atoms with Gasteiger partial charge in [-0.2, -0.15) is 4.31 Å². The van der Waals surface area contributed by atoms with Gasteiger partial charge >= 0.3 is 0 Å². The van der Waals surface area contributed by atoms with Crippen molar-refractivity contribution in [2.75, 3.05) is 25.0 Å². The van der Waals surface area contributed by atoms with Gasteiger partial charge in [0.15, 0.2) is 5.76 Å². The molecule has 2 N–H and O–H groups in total. The molecule has 1 aliphatic heterocycles. The first-order chi connectivity index (χ1) is 13.8. The summed E-state index contributed by atoms with van der Waals surface area (Å²) in [6, 6.07) is 3.37. The van der Waals surface area contributed by atoms with E-state index in [2.05, 4.69) is 20.8 Å². The maximum atomic E-state index is 13.0. The van der Waals surface area contributed by atoms with Gasteiger partial charge in [0.05, 0.1) is 24.3 Å². The van der Waals surface area contributed by atoms with E-state index in [1.54, 1.807) is 32.2 Å². The highest BCUT2D eigenvalue weighted by Gasteiger charge is 2.36. The van der Waals surface area contributed by atoms with E-state index in [1.165, 1.54) is 10.5 Å². The number of carbonyl (C=O) groups is 2. The van der Waals surface area contributed by atoms with Gasteiger partial charge in [0.2, 0.25) is 21.8 Å². The third-order valence-electron chi connectivity index (χ3n) is 4.69. The van der Waals surface area contributed by atoms with Gasteiger partial charge in [-0.05, 0) is 38.8 Å². The number of aromatic nitrogens is 2. The third kappa shape index (κ3) is 4.80. The molecule has 10 nitrogen and oxygen atoms in total. The lowest BCUT2D eigenvalue weighted by atomic mass is 9.99. The Morgan fingerprint density at radius 1 is 1.34 bits per heavy atom. The second-order valence-corrected chi connectivity index (χ2v) is 8.74. The van der Waals surface area contributed by atoms with Crippen molar-refractivity contribution in [2.45, 2.75) is 31.6 Å². The van der Waals surface area contributed by atoms with Crippen molar-refractivity contribution in [3.8, 4) is 0 Å². The molecular weight excluding hydrogens is 398 g/mol. The molecule has 1 aliphatic rings. The minimum absolute atomic E-state index is 0.0441. The zero-order valence-corrected chi connectivity index (χ0v) is 17.0. The number of carbonyl (C=O) groups excluding carboxylic acids is 2. The number of nitrogens with zero attached hydrogens (tertiary/aromatic N) is 3. The summed E-state index contributed by atoms with van der Waals surface area (Å²) in [6.45, 7) is 3.27. The van der Waals surface area contributed by atoms with Crippen LogP contribution in [0.4, 0.5) is 5.69 Å². The summed E-state index contributed by atoms with van der Waals surface area (Å²) < 4.78 is 32.2. The Hall–Kier alpha value is -2.79. The number of amides is 2. The topological polar surface area (TPSA) is 134 Å². The van der Waals surface area contributed by atoms with Gasteiger partial charge in [-0.1, -0.05) is 5.16 Å². The van der Waals surface area contributed by atoms with Gasteiger partial charge in [-0.15, -0.1) is 0 Å². The van der Waals surface area contributed by atoms with Crippen molar-refractivity contribution in [1.82, 2.24) is 19.8 Å². The number of pyridine rings is 1. The Bertz CT molecular complexity index is 970. The molecule has 3 heterocycles. The van der Waals surface area contributed by atoms with E-state index in [4.69, 9.17) is 4.52 Å². The fraction of sp³-hybridized carbons (Fsp3) is 0.444. The fourth-order valence-electron chi connectivity index (χ4n) is 3.30. The Morgan fingerprint density at radius 3 is 2.79 bits per heavy atom. The van der Waals surface area contributed by atoms with Crippen LogP contribution in [0.15, 0.2) is 33.9 Å². The first-order valence-corrected chi connectivity index (χ1v) is 10.6. The van der Waals surface area contributed by atoms with Crippen molar-refractivity contribution in [2.24, 2.45) is 5.92 Å². The third-order valence-corrected chi connectivity index (χ3v) is 6.80. The van der Waals surface area contributed by atoms with E-state index in [9.17, 15) is 18.0 Å². The summed E-state index contributed by atoms with van der Waals surface area (Å²) in [5, 5.41) is 8.91. The molecule has 2 amide bonds. The molecule has 0 radical (unpaired) electrons. The summed E-state index contributed by atoms with van der Waals surface area (Å²) in [5.74, 6) is -1.06. The number of aryl methyl sites for hydroxylation is 2. The van der Waals surface area contributed by atoms with E-state index in [0.717, 1.165) is 0 Å². The summed E-state index contributed by atoms with van der Waals surface area (Å²) in [4.78, 5) is 28.4. The number of hydrogen-bond acceptors (Lipinski definition) is 7. The maximum absolute atomic E-state index is 13.0. The van der Waals surface area contributed by atoms with Crippen molar-refractivity contribution in [1.29, 1.82) is 0 Å². The normalized spacial score (nSPS) is 17.7. The van der Waals surface area contributed by atoms with Crippen LogP contribution in [-0.4, -0.2) is 54.3 Å². The zero-order valence-electron chi connectivity index (χ0n) is 16.2. The monoisotopic (exact) mass is 421 g/mol. The molecule has 0 saturated carbocycles. The van der Waals surface area contributed by atoms with Gasteiger partial charge in [0.25, 0.3) is 0 Å². The van der Waals surface area contributed by atoms with Crippen LogP contribution in [0.2, 0.25) is 0 Å². The molecule has 0 aromatic carbocycles. The van der Waals surface area contributed by atoms with E-state index in [1.807, 2.05) is 0 Å². The van der Waals surface area contributed by atoms with Crippen LogP contribution in [0, 0.1) is 19.8 Å². The van der Waals surface area contributed by atoms with E-state index in [0.29, 0.717) is 30.8 Å². The predicted molar refractivity (Wildman–Crippen MR) is 103 cm³/mol. The Kier molecular flexibility index (Phi) is 6.28. The van der Waals surface area contributed by atoms with E-state index in [-0.39, 0.29) is 35.6 Å². The van der Waals surface area contributed by atoms with Crippen molar-refractivity contribution >= 4 is 27.5 Å². The molecule has 3 rings (SSSR count). The molecule has 0 bridgehead atoms. The Labute approximate surface area is 168 Å². The standard InChI is InChI=1S/C18H23N5O5S/c1-12-17(13(2)28-22-12)29(26,27)23-8-4-5-14(11-23)18(25)20-10-16(24)21-15-6-3-7-19-9-15/h3,6-7,9,14H,4-5,8,10-11H2,1-2H3,(H,20,25)(H,21,24). The largest absolute Gasteiger partial charge is 0.360 e. The summed E-state index contributed by atoms with van der Waals surface area (Å²) >= 11 is 0. The van der Waals surface area contributed by atoms with Crippen LogP contribution >= 0.6 is 0 Å². The minimum atomic E-state index is -3.81. The van der Waals surface area contributed by atoms with Crippen LogP contribution in [0.25, 0.3) is 0 Å². The molecule has 1 saturated heterocycles. The lowest BCUT2D eigenvalue weighted by Crippen LogP contribution is -2.46. The fourth-order valence-corrected chi connectivity index (χ4v) is 5.12. The number of hydrogen-bond donors (Lipinski definition) is 2. The average molecular weight is 421 g/mol. The molecule has 1 unspecified atom stereocenters. The molecule has 156 valence electrons. The summed E-state index contributed by atoms with van der Waals surface area (Å²) in [7, 11) is -3.81. The highest BCUT2D eigenvalue weighted by molar-refractivity contribution is 7.89. The van der Waals surface area contributed by atoms with Crippen LogP contribution < -0.4 is 10.6 Å². The van der Waals surface area contributed by atoms with Crippen LogP contribution in [0.1, 0.15) is 24.3 Å². The Morgan fingerprint density at radius 2 is 2.14 bits per heavy atom. The van der Waals surface area contributed by atoms with Gasteiger partial charge in [-0.25, -0.2) is 8.42 Å². The van der Waals surface area contributed by atoms with Gasteiger partial charge in [0, 0.05) is 19.3 Å². The quantitative estimate of drug-likeness (QED) is 0.706. The molecule has 0 spiro atoms. The molecule has 29 heavy (non-hydrogen) atoms. The second kappa shape index (κ2) is 8.70. The second-order valence-electron chi connectivity index (χ2n) is 6.86. The number of sulfonamides is 1. The van der Waals surface area contributed by atoms with E-state index >= 15 is 0 Å². The summed E-state index contributed by atoms with van der Waals surface area (Å²) in [6.07, 6.45) is 4.17. The number of nitrogens with one attached hydrogen (secondary N) is 2. The average Bonchev–Trinajstić information content (AvgIpc) is 3.06. The number of rotatable bonds is 6. The van der Waals surface area contributed by atoms with Crippen molar-refractivity contribution in [3.05, 3.63) is 36.0 Å². The molecule has 1 fully saturated rings. The van der Waals surface area contributed by atoms with Gasteiger partial charge < -0.3 is 15.2 Å². The molecular formula is C18H23N5O5S. The number of piperidine rings is 1. The lowest BCUT2D eigenvalue weighted by molar-refractivity contribution is -0.128. The minimum Gasteiger partial charge on any atom is -0.360 e. The highest BCUT2D eigenvalue weighted by atomic mass is 32.2. The molecule has 0 aliphatic carbocycles. The van der Waals surface area contributed by atoms with Gasteiger partial charge in [-0.3, -0.25) is 14.6 Å². The predicted octanol–water partition coefficient (Wildman–Crippen LogP) is 0.842. The van der Waals surface area contributed by atoms with Crippen LogP contribution in [-0.2, 0) is 19.6 Å². The first kappa shape index (κ1) is 20.9. The first-order valence-electron chi connectivity index (χ1n) is 9.19. The lowest BCUT2D eigenvalue weighted by Gasteiger charge is -2.31. The summed E-state index contributed by atoms with van der Waals surface area (Å²) in [5.41, 5.74) is 0.822. The zero-order chi connectivity index (χ0) is 21.0. The van der Waals surface area contributed by atoms with Crippen LogP contribution in [0.5, 0.6) is 0 Å². The molecule has 2 aromatic rings. The maximum Gasteiger partial charge on any atom is 0.248 e. The SMILES string of the molecule is Cc1noc(C)c1S(=O)(=O)N1CCCC(C(=O)NCC(=O)Nc2cccnc2)C1. The van der Waals surface area contributed by atoms with E-state index < -0.39 is 15.9 Å². The van der Waals surface area contributed by atoms with Crippen LogP contribution in [0.3, 0.4) is 0 Å². The molecule has 2 aromatic heterocycles. The van der Waals surface area contributed by atoms with Gasteiger partial charge in [0.1, 0.15) is 10.6 Å². The molecule has 1 atom stereocenters. The highest BCUT2D eigenvalue weighted by Crippen LogP contribution is 2.27. The number of anilines is 1. The van der Waals surface area contributed by atoms with Crippen molar-refractivity contribution in [3.63, 3.8) is 0 Å². The Balaban J connectivity index is 1.59. The smallest absolute Gasteiger partial charge is 0.248 e.